The number of rotatable bonds is 4. The number of likely N-dealkylation sites (tertiary alicyclic amines) is 1. The minimum atomic E-state index is -4.92. The van der Waals surface area contributed by atoms with E-state index in [0.717, 1.165) is 25.9 Å². The lowest BCUT2D eigenvalue weighted by atomic mass is 10.0. The van der Waals surface area contributed by atoms with Crippen LogP contribution in [-0.4, -0.2) is 72.0 Å². The fourth-order valence-electron chi connectivity index (χ4n) is 4.12. The number of hydrogen-bond acceptors (Lipinski definition) is 7. The quantitative estimate of drug-likeness (QED) is 0.549. The third kappa shape index (κ3) is 4.58. The Kier molecular flexibility index (Phi) is 5.94. The van der Waals surface area contributed by atoms with Gasteiger partial charge in [-0.25, -0.2) is 0 Å². The Morgan fingerprint density at radius 1 is 1.00 bits per heavy atom. The van der Waals surface area contributed by atoms with Crippen molar-refractivity contribution in [3.8, 4) is 0 Å². The molecule has 0 radical (unpaired) electrons. The molecule has 0 aliphatic carbocycles. The van der Waals surface area contributed by atoms with Crippen LogP contribution in [0.1, 0.15) is 18.4 Å². The molecule has 0 N–H and O–H groups in total. The number of halogens is 3. The molecule has 1 unspecified atom stereocenters. The SMILES string of the molecule is CN1CCCC(N2CCN(c3c([N+](=O)[O-])cc(C(F)(F)F)cc3[N+](=O)[O-])CC2)C1. The molecular formula is C17H22F3N5O4. The molecule has 160 valence electrons. The summed E-state index contributed by atoms with van der Waals surface area (Å²) >= 11 is 0. The molecule has 9 nitrogen and oxygen atoms in total. The highest BCUT2D eigenvalue weighted by atomic mass is 19.4. The van der Waals surface area contributed by atoms with E-state index in [2.05, 4.69) is 9.80 Å². The van der Waals surface area contributed by atoms with Crippen molar-refractivity contribution in [3.05, 3.63) is 37.9 Å². The summed E-state index contributed by atoms with van der Waals surface area (Å²) in [4.78, 5) is 26.8. The zero-order chi connectivity index (χ0) is 21.3. The molecular weight excluding hydrogens is 395 g/mol. The summed E-state index contributed by atoms with van der Waals surface area (Å²) in [5.41, 5.74) is -3.54. The Bertz CT molecular complexity index is 761. The maximum atomic E-state index is 13.1. The van der Waals surface area contributed by atoms with Gasteiger partial charge in [0.25, 0.3) is 11.4 Å². The van der Waals surface area contributed by atoms with E-state index in [1.165, 1.54) is 4.90 Å². The third-order valence-corrected chi connectivity index (χ3v) is 5.54. The van der Waals surface area contributed by atoms with Crippen molar-refractivity contribution in [1.82, 2.24) is 9.80 Å². The Labute approximate surface area is 165 Å². The second kappa shape index (κ2) is 8.11. The van der Waals surface area contributed by atoms with Gasteiger partial charge >= 0.3 is 6.18 Å². The molecule has 3 rings (SSSR count). The minimum absolute atomic E-state index is 0.271. The lowest BCUT2D eigenvalue weighted by Gasteiger charge is -2.43. The van der Waals surface area contributed by atoms with E-state index in [1.54, 1.807) is 0 Å². The fraction of sp³-hybridized carbons (Fsp3) is 0.647. The molecule has 0 spiro atoms. The standard InChI is InChI=1S/C17H22F3N5O4/c1-21-4-2-3-13(11-21)22-5-7-23(8-6-22)16-14(24(26)27)9-12(17(18,19)20)10-15(16)25(28)29/h9-10,13H,2-8,11H2,1H3. The number of anilines is 1. The summed E-state index contributed by atoms with van der Waals surface area (Å²) in [7, 11) is 2.04. The summed E-state index contributed by atoms with van der Waals surface area (Å²) in [6, 6.07) is 1.10. The van der Waals surface area contributed by atoms with Crippen LogP contribution in [0.3, 0.4) is 0 Å². The number of piperazine rings is 1. The minimum Gasteiger partial charge on any atom is -0.358 e. The van der Waals surface area contributed by atoms with Gasteiger partial charge in [-0.1, -0.05) is 0 Å². The molecule has 12 heteroatoms. The smallest absolute Gasteiger partial charge is 0.358 e. The van der Waals surface area contributed by atoms with Crippen molar-refractivity contribution < 1.29 is 23.0 Å². The zero-order valence-corrected chi connectivity index (χ0v) is 15.9. The Balaban J connectivity index is 1.88. The van der Waals surface area contributed by atoms with Crippen molar-refractivity contribution in [3.63, 3.8) is 0 Å². The highest BCUT2D eigenvalue weighted by Gasteiger charge is 2.40. The largest absolute Gasteiger partial charge is 0.416 e. The topological polar surface area (TPSA) is 96.0 Å². The lowest BCUT2D eigenvalue weighted by Crippen LogP contribution is -2.54. The molecule has 0 bridgehead atoms. The van der Waals surface area contributed by atoms with E-state index < -0.39 is 33.0 Å². The first-order chi connectivity index (χ1) is 13.6. The summed E-state index contributed by atoms with van der Waals surface area (Å²) in [5.74, 6) is 0. The van der Waals surface area contributed by atoms with Gasteiger partial charge in [-0.3, -0.25) is 25.1 Å². The van der Waals surface area contributed by atoms with E-state index >= 15 is 0 Å². The normalized spacial score (nSPS) is 21.9. The van der Waals surface area contributed by atoms with Crippen LogP contribution in [-0.2, 0) is 6.18 Å². The van der Waals surface area contributed by atoms with Crippen molar-refractivity contribution in [2.75, 3.05) is 51.2 Å². The number of alkyl halides is 3. The van der Waals surface area contributed by atoms with Crippen molar-refractivity contribution in [2.45, 2.75) is 25.1 Å². The molecule has 2 heterocycles. The van der Waals surface area contributed by atoms with E-state index in [0.29, 0.717) is 31.3 Å². The molecule has 0 aromatic heterocycles. The maximum Gasteiger partial charge on any atom is 0.416 e. The average Bonchev–Trinajstić information content (AvgIpc) is 2.66. The second-order valence-electron chi connectivity index (χ2n) is 7.46. The van der Waals surface area contributed by atoms with Crippen LogP contribution >= 0.6 is 0 Å². The lowest BCUT2D eigenvalue weighted by molar-refractivity contribution is -0.393. The Morgan fingerprint density at radius 2 is 1.55 bits per heavy atom. The molecule has 2 fully saturated rings. The van der Waals surface area contributed by atoms with E-state index in [9.17, 15) is 33.4 Å². The van der Waals surface area contributed by atoms with E-state index in [-0.39, 0.29) is 18.8 Å². The molecule has 1 aromatic rings. The van der Waals surface area contributed by atoms with Gasteiger partial charge < -0.3 is 9.80 Å². The van der Waals surface area contributed by atoms with Crippen LogP contribution in [0.2, 0.25) is 0 Å². The van der Waals surface area contributed by atoms with Gasteiger partial charge in [0, 0.05) is 50.9 Å². The van der Waals surface area contributed by atoms with Gasteiger partial charge in [0.05, 0.1) is 15.4 Å². The summed E-state index contributed by atoms with van der Waals surface area (Å²) in [6.07, 6.45) is -2.82. The van der Waals surface area contributed by atoms with Crippen LogP contribution < -0.4 is 4.90 Å². The number of nitro benzene ring substituents is 2. The number of benzene rings is 1. The molecule has 2 aliphatic rings. The first-order valence-electron chi connectivity index (χ1n) is 9.29. The third-order valence-electron chi connectivity index (χ3n) is 5.54. The summed E-state index contributed by atoms with van der Waals surface area (Å²) in [6.45, 7) is 3.54. The van der Waals surface area contributed by atoms with Gasteiger partial charge in [-0.2, -0.15) is 13.2 Å². The molecule has 1 aromatic carbocycles. The zero-order valence-electron chi connectivity index (χ0n) is 15.9. The average molecular weight is 417 g/mol. The number of nitro groups is 2. The molecule has 2 saturated heterocycles. The van der Waals surface area contributed by atoms with Gasteiger partial charge in [-0.15, -0.1) is 0 Å². The predicted molar refractivity (Wildman–Crippen MR) is 99.1 cm³/mol. The van der Waals surface area contributed by atoms with Crippen LogP contribution in [0, 0.1) is 20.2 Å². The number of hydrogen-bond donors (Lipinski definition) is 0. The molecule has 0 amide bonds. The Hall–Kier alpha value is -2.47. The maximum absolute atomic E-state index is 13.1. The first kappa shape index (κ1) is 21.2. The number of nitrogens with zero attached hydrogens (tertiary/aromatic N) is 5. The van der Waals surface area contributed by atoms with Gasteiger partial charge in [0.1, 0.15) is 0 Å². The Morgan fingerprint density at radius 3 is 2.00 bits per heavy atom. The van der Waals surface area contributed by atoms with Gasteiger partial charge in [-0.05, 0) is 26.4 Å². The summed E-state index contributed by atoms with van der Waals surface area (Å²) in [5, 5.41) is 22.9. The van der Waals surface area contributed by atoms with Crippen molar-refractivity contribution in [1.29, 1.82) is 0 Å². The molecule has 0 saturated carbocycles. The van der Waals surface area contributed by atoms with Crippen LogP contribution in [0.5, 0.6) is 0 Å². The van der Waals surface area contributed by atoms with Crippen molar-refractivity contribution in [2.24, 2.45) is 0 Å². The predicted octanol–water partition coefficient (Wildman–Crippen LogP) is 2.74. The first-order valence-corrected chi connectivity index (χ1v) is 9.29. The molecule has 1 atom stereocenters. The second-order valence-corrected chi connectivity index (χ2v) is 7.46. The number of piperidine rings is 1. The van der Waals surface area contributed by atoms with E-state index in [4.69, 9.17) is 0 Å². The monoisotopic (exact) mass is 417 g/mol. The van der Waals surface area contributed by atoms with Crippen LogP contribution in [0.25, 0.3) is 0 Å². The van der Waals surface area contributed by atoms with Crippen LogP contribution in [0.15, 0.2) is 12.1 Å². The highest BCUT2D eigenvalue weighted by Crippen LogP contribution is 2.43. The van der Waals surface area contributed by atoms with Gasteiger partial charge in [0.15, 0.2) is 5.69 Å². The molecule has 2 aliphatic heterocycles. The van der Waals surface area contributed by atoms with Gasteiger partial charge in [0.2, 0.25) is 0 Å². The summed E-state index contributed by atoms with van der Waals surface area (Å²) < 4.78 is 39.2. The van der Waals surface area contributed by atoms with E-state index in [1.807, 2.05) is 7.05 Å². The highest BCUT2D eigenvalue weighted by molar-refractivity contribution is 5.76. The van der Waals surface area contributed by atoms with Crippen molar-refractivity contribution >= 4 is 17.1 Å². The molecule has 29 heavy (non-hydrogen) atoms. The fourth-order valence-corrected chi connectivity index (χ4v) is 4.12. The van der Waals surface area contributed by atoms with Crippen LogP contribution in [0.4, 0.5) is 30.2 Å². The number of likely N-dealkylation sites (N-methyl/N-ethyl adjacent to an activating group) is 1.